The lowest BCUT2D eigenvalue weighted by atomic mass is 9.81. The van der Waals surface area contributed by atoms with E-state index in [-0.39, 0.29) is 29.5 Å². The first-order chi connectivity index (χ1) is 9.45. The minimum Gasteiger partial charge on any atom is -0.478 e. The van der Waals surface area contributed by atoms with E-state index in [2.05, 4.69) is 4.98 Å². The summed E-state index contributed by atoms with van der Waals surface area (Å²) in [4.78, 5) is 40.4. The van der Waals surface area contributed by atoms with E-state index in [1.54, 1.807) is 0 Å². The van der Waals surface area contributed by atoms with E-state index in [4.69, 9.17) is 5.11 Å². The summed E-state index contributed by atoms with van der Waals surface area (Å²) in [6.45, 7) is 3.76. The molecule has 1 fully saturated rings. The summed E-state index contributed by atoms with van der Waals surface area (Å²) in [5.41, 5.74) is -0.492. The van der Waals surface area contributed by atoms with Crippen LogP contribution in [0.3, 0.4) is 0 Å². The van der Waals surface area contributed by atoms with Gasteiger partial charge in [-0.2, -0.15) is 0 Å². The highest BCUT2D eigenvalue weighted by molar-refractivity contribution is 6.22. The van der Waals surface area contributed by atoms with Crippen molar-refractivity contribution in [3.63, 3.8) is 0 Å². The van der Waals surface area contributed by atoms with Crippen LogP contribution in [0.2, 0.25) is 0 Å². The molecule has 106 valence electrons. The molecule has 2 rings (SSSR count). The van der Waals surface area contributed by atoms with Crippen LogP contribution in [-0.2, 0) is 9.59 Å². The van der Waals surface area contributed by atoms with Gasteiger partial charge in [0.15, 0.2) is 0 Å². The Labute approximate surface area is 116 Å². The third-order valence-electron chi connectivity index (χ3n) is 3.98. The first-order valence-electron chi connectivity index (χ1n) is 6.51. The molecule has 2 heterocycles. The highest BCUT2D eigenvalue weighted by atomic mass is 16.4. The second-order valence-corrected chi connectivity index (χ2v) is 4.94. The van der Waals surface area contributed by atoms with Gasteiger partial charge in [-0.15, -0.1) is 0 Å². The number of carbonyl (C=O) groups is 3. The average Bonchev–Trinajstić information content (AvgIpc) is 2.70. The van der Waals surface area contributed by atoms with Crippen molar-refractivity contribution in [2.75, 3.05) is 4.90 Å². The number of carboxylic acid groups (broad SMARTS) is 1. The summed E-state index contributed by atoms with van der Waals surface area (Å²) in [6.07, 6.45) is 3.84. The lowest BCUT2D eigenvalue weighted by Crippen LogP contribution is -2.35. The molecular weight excluding hydrogens is 260 g/mol. The van der Waals surface area contributed by atoms with Crippen LogP contribution in [0.15, 0.2) is 18.5 Å². The first kappa shape index (κ1) is 14.2. The smallest absolute Gasteiger partial charge is 0.337 e. The zero-order chi connectivity index (χ0) is 14.9. The predicted octanol–water partition coefficient (Wildman–Crippen LogP) is 1.85. The number of carbonyl (C=O) groups excluding carboxylic acids is 2. The number of amides is 2. The van der Waals surface area contributed by atoms with Crippen molar-refractivity contribution >= 4 is 23.5 Å². The molecule has 1 aliphatic heterocycles. The molecule has 6 nitrogen and oxygen atoms in total. The molecule has 1 aliphatic rings. The van der Waals surface area contributed by atoms with Crippen LogP contribution in [0, 0.1) is 5.41 Å². The van der Waals surface area contributed by atoms with E-state index >= 15 is 0 Å². The second-order valence-electron chi connectivity index (χ2n) is 4.94. The van der Waals surface area contributed by atoms with Gasteiger partial charge in [0, 0.05) is 12.6 Å². The van der Waals surface area contributed by atoms with Gasteiger partial charge in [0.2, 0.25) is 11.8 Å². The molecule has 1 aromatic rings. The summed E-state index contributed by atoms with van der Waals surface area (Å²) < 4.78 is 0. The molecule has 20 heavy (non-hydrogen) atoms. The molecule has 1 aromatic heterocycles. The number of anilines is 1. The number of imide groups is 1. The SMILES string of the molecule is CCC1(CC)CC(=O)N(c2cncc(C(=O)O)c2)C1=O. The van der Waals surface area contributed by atoms with Gasteiger partial charge in [0.25, 0.3) is 0 Å². The Morgan fingerprint density at radius 2 is 2.00 bits per heavy atom. The number of carboxylic acids is 1. The molecule has 0 aliphatic carbocycles. The maximum atomic E-state index is 12.5. The van der Waals surface area contributed by atoms with E-state index in [0.29, 0.717) is 12.8 Å². The quantitative estimate of drug-likeness (QED) is 0.848. The van der Waals surface area contributed by atoms with Crippen molar-refractivity contribution in [3.05, 3.63) is 24.0 Å². The molecule has 0 bridgehead atoms. The molecule has 0 saturated carbocycles. The van der Waals surface area contributed by atoms with E-state index in [0.717, 1.165) is 4.90 Å². The Bertz CT molecular complexity index is 578. The topological polar surface area (TPSA) is 87.6 Å². The highest BCUT2D eigenvalue weighted by Gasteiger charge is 2.49. The van der Waals surface area contributed by atoms with Gasteiger partial charge in [-0.25, -0.2) is 9.69 Å². The predicted molar refractivity (Wildman–Crippen MR) is 71.3 cm³/mol. The van der Waals surface area contributed by atoms with Crippen molar-refractivity contribution in [3.8, 4) is 0 Å². The van der Waals surface area contributed by atoms with Gasteiger partial charge in [0.05, 0.1) is 22.9 Å². The molecule has 0 radical (unpaired) electrons. The van der Waals surface area contributed by atoms with E-state index in [1.807, 2.05) is 13.8 Å². The van der Waals surface area contributed by atoms with Crippen LogP contribution in [-0.4, -0.2) is 27.9 Å². The first-order valence-corrected chi connectivity index (χ1v) is 6.51. The summed E-state index contributed by atoms with van der Waals surface area (Å²) in [5.74, 6) is -1.71. The van der Waals surface area contributed by atoms with Gasteiger partial charge in [-0.3, -0.25) is 14.6 Å². The Balaban J connectivity index is 2.43. The van der Waals surface area contributed by atoms with Crippen molar-refractivity contribution in [1.29, 1.82) is 0 Å². The van der Waals surface area contributed by atoms with Crippen LogP contribution in [0.25, 0.3) is 0 Å². The molecule has 1 saturated heterocycles. The van der Waals surface area contributed by atoms with Gasteiger partial charge >= 0.3 is 5.97 Å². The van der Waals surface area contributed by atoms with Crippen molar-refractivity contribution in [2.24, 2.45) is 5.41 Å². The van der Waals surface area contributed by atoms with Crippen LogP contribution >= 0.6 is 0 Å². The number of nitrogens with zero attached hydrogens (tertiary/aromatic N) is 2. The van der Waals surface area contributed by atoms with E-state index in [9.17, 15) is 14.4 Å². The zero-order valence-corrected chi connectivity index (χ0v) is 11.4. The van der Waals surface area contributed by atoms with Gasteiger partial charge in [-0.05, 0) is 18.9 Å². The van der Waals surface area contributed by atoms with E-state index < -0.39 is 11.4 Å². The number of hydrogen-bond acceptors (Lipinski definition) is 4. The fraction of sp³-hybridized carbons (Fsp3) is 0.429. The Hall–Kier alpha value is -2.24. The molecule has 0 atom stereocenters. The summed E-state index contributed by atoms with van der Waals surface area (Å²) in [5, 5.41) is 8.95. The van der Waals surface area contributed by atoms with Gasteiger partial charge < -0.3 is 5.11 Å². The van der Waals surface area contributed by atoms with Crippen LogP contribution < -0.4 is 4.90 Å². The van der Waals surface area contributed by atoms with Gasteiger partial charge in [-0.1, -0.05) is 13.8 Å². The summed E-state index contributed by atoms with van der Waals surface area (Å²) >= 11 is 0. The van der Waals surface area contributed by atoms with Crippen molar-refractivity contribution in [2.45, 2.75) is 33.1 Å². The number of aromatic carboxylic acids is 1. The van der Waals surface area contributed by atoms with Crippen molar-refractivity contribution < 1.29 is 19.5 Å². The monoisotopic (exact) mass is 276 g/mol. The molecule has 0 spiro atoms. The minimum atomic E-state index is -1.14. The standard InChI is InChI=1S/C14H16N2O4/c1-3-14(4-2)6-11(17)16(13(14)20)10-5-9(12(18)19)7-15-8-10/h5,7-8H,3-4,6H2,1-2H3,(H,18,19). The van der Waals surface area contributed by atoms with Gasteiger partial charge in [0.1, 0.15) is 0 Å². The maximum Gasteiger partial charge on any atom is 0.337 e. The summed E-state index contributed by atoms with van der Waals surface area (Å²) in [6, 6.07) is 1.30. The number of aromatic nitrogens is 1. The normalized spacial score (nSPS) is 17.6. The van der Waals surface area contributed by atoms with Crippen LogP contribution in [0.5, 0.6) is 0 Å². The zero-order valence-electron chi connectivity index (χ0n) is 11.4. The average molecular weight is 276 g/mol. The number of rotatable bonds is 4. The molecule has 0 unspecified atom stereocenters. The Morgan fingerprint density at radius 1 is 1.35 bits per heavy atom. The largest absolute Gasteiger partial charge is 0.478 e. The van der Waals surface area contributed by atoms with Crippen LogP contribution in [0.1, 0.15) is 43.5 Å². The van der Waals surface area contributed by atoms with Crippen LogP contribution in [0.4, 0.5) is 5.69 Å². The lowest BCUT2D eigenvalue weighted by molar-refractivity contribution is -0.126. The fourth-order valence-corrected chi connectivity index (χ4v) is 2.53. The molecular formula is C14H16N2O4. The van der Waals surface area contributed by atoms with Crippen molar-refractivity contribution in [1.82, 2.24) is 4.98 Å². The Kier molecular flexibility index (Phi) is 3.57. The molecule has 0 aromatic carbocycles. The summed E-state index contributed by atoms with van der Waals surface area (Å²) in [7, 11) is 0. The number of hydrogen-bond donors (Lipinski definition) is 1. The third kappa shape index (κ3) is 2.07. The Morgan fingerprint density at radius 3 is 2.50 bits per heavy atom. The minimum absolute atomic E-state index is 0.0476. The fourth-order valence-electron chi connectivity index (χ4n) is 2.53. The second kappa shape index (κ2) is 5.03. The molecule has 6 heteroatoms. The highest BCUT2D eigenvalue weighted by Crippen LogP contribution is 2.41. The van der Waals surface area contributed by atoms with E-state index in [1.165, 1.54) is 18.5 Å². The number of pyridine rings is 1. The maximum absolute atomic E-state index is 12.5. The molecule has 1 N–H and O–H groups in total. The third-order valence-corrected chi connectivity index (χ3v) is 3.98. The lowest BCUT2D eigenvalue weighted by Gasteiger charge is -2.23. The molecule has 2 amide bonds.